The number of aryl methyl sites for hydroxylation is 5. The van der Waals surface area contributed by atoms with Gasteiger partial charge in [0.05, 0.1) is 0 Å². The molecule has 1 aliphatic heterocycles. The van der Waals surface area contributed by atoms with E-state index in [9.17, 15) is 4.79 Å². The molecule has 0 aliphatic carbocycles. The third kappa shape index (κ3) is 7.53. The molecular formula is C30H43N3O2. The zero-order chi connectivity index (χ0) is 26.1. The molecule has 0 radical (unpaired) electrons. The molecule has 3 aromatic rings. The molecule has 0 bridgehead atoms. The lowest BCUT2D eigenvalue weighted by Gasteiger charge is -2.20. The SMILES string of the molecule is CC.COC(c1cc(C)cc(C)c1)c1cc(C)cc(C)c1.C[C@@H]1CCCN1C(=O)c1nccn1C. The lowest BCUT2D eigenvalue weighted by Crippen LogP contribution is -2.35. The second kappa shape index (κ2) is 13.2. The number of imidazole rings is 1. The van der Waals surface area contributed by atoms with Crippen LogP contribution in [0.15, 0.2) is 48.8 Å². The third-order valence-corrected chi connectivity index (χ3v) is 6.16. The molecule has 5 nitrogen and oxygen atoms in total. The van der Waals surface area contributed by atoms with Crippen LogP contribution < -0.4 is 0 Å². The number of carbonyl (C=O) groups is 1. The second-order valence-electron chi connectivity index (χ2n) is 9.31. The Balaban J connectivity index is 0.000000239. The van der Waals surface area contributed by atoms with Crippen LogP contribution in [0.1, 0.15) is 83.7 Å². The average molecular weight is 478 g/mol. The molecule has 1 saturated heterocycles. The van der Waals surface area contributed by atoms with E-state index in [1.54, 1.807) is 24.1 Å². The number of ether oxygens (including phenoxy) is 1. The third-order valence-electron chi connectivity index (χ3n) is 6.16. The fraction of sp³-hybridized carbons (Fsp3) is 0.467. The normalized spacial score (nSPS) is 14.8. The van der Waals surface area contributed by atoms with Crippen LogP contribution in [0.5, 0.6) is 0 Å². The smallest absolute Gasteiger partial charge is 0.290 e. The van der Waals surface area contributed by atoms with Crippen molar-refractivity contribution in [1.29, 1.82) is 0 Å². The molecule has 1 amide bonds. The number of benzene rings is 2. The maximum Gasteiger partial charge on any atom is 0.290 e. The minimum absolute atomic E-state index is 0.0113. The number of aromatic nitrogens is 2. The summed E-state index contributed by atoms with van der Waals surface area (Å²) in [5.41, 5.74) is 7.57. The lowest BCUT2D eigenvalue weighted by molar-refractivity contribution is 0.0731. The topological polar surface area (TPSA) is 47.4 Å². The Labute approximate surface area is 212 Å². The minimum atomic E-state index is 0.0113. The number of hydrogen-bond acceptors (Lipinski definition) is 3. The summed E-state index contributed by atoms with van der Waals surface area (Å²) in [6, 6.07) is 13.6. The van der Waals surface area contributed by atoms with Gasteiger partial charge in [0, 0.05) is 39.1 Å². The van der Waals surface area contributed by atoms with Gasteiger partial charge in [0.2, 0.25) is 0 Å². The Morgan fingerprint density at radius 1 is 0.943 bits per heavy atom. The number of hydrogen-bond donors (Lipinski definition) is 0. The molecule has 35 heavy (non-hydrogen) atoms. The highest BCUT2D eigenvalue weighted by Crippen LogP contribution is 2.28. The summed E-state index contributed by atoms with van der Waals surface area (Å²) in [6.45, 7) is 15.5. The number of methoxy groups -OCH3 is 1. The van der Waals surface area contributed by atoms with Gasteiger partial charge in [-0.2, -0.15) is 0 Å². The van der Waals surface area contributed by atoms with Crippen molar-refractivity contribution >= 4 is 5.91 Å². The summed E-state index contributed by atoms with van der Waals surface area (Å²) in [7, 11) is 3.63. The Hall–Kier alpha value is -2.92. The van der Waals surface area contributed by atoms with E-state index in [0.29, 0.717) is 11.9 Å². The predicted octanol–water partition coefficient (Wildman–Crippen LogP) is 6.73. The van der Waals surface area contributed by atoms with E-state index in [2.05, 4.69) is 76.0 Å². The van der Waals surface area contributed by atoms with Crippen molar-refractivity contribution in [2.75, 3.05) is 13.7 Å². The van der Waals surface area contributed by atoms with Crippen molar-refractivity contribution < 1.29 is 9.53 Å². The molecule has 1 atom stereocenters. The quantitative estimate of drug-likeness (QED) is 0.419. The Bertz CT molecular complexity index is 1010. The summed E-state index contributed by atoms with van der Waals surface area (Å²) in [4.78, 5) is 18.0. The summed E-state index contributed by atoms with van der Waals surface area (Å²) >= 11 is 0. The highest BCUT2D eigenvalue weighted by molar-refractivity contribution is 5.91. The molecule has 0 spiro atoms. The lowest BCUT2D eigenvalue weighted by atomic mass is 9.95. The Morgan fingerprint density at radius 2 is 1.43 bits per heavy atom. The first-order valence-electron chi connectivity index (χ1n) is 12.7. The van der Waals surface area contributed by atoms with Crippen molar-refractivity contribution in [2.45, 2.75) is 73.5 Å². The summed E-state index contributed by atoms with van der Waals surface area (Å²) in [5, 5.41) is 0. The zero-order valence-electron chi connectivity index (χ0n) is 23.1. The molecule has 1 aliphatic rings. The van der Waals surface area contributed by atoms with Crippen LogP contribution in [0.4, 0.5) is 0 Å². The molecule has 0 unspecified atom stereocenters. The first kappa shape index (κ1) is 28.3. The van der Waals surface area contributed by atoms with E-state index >= 15 is 0 Å². The van der Waals surface area contributed by atoms with E-state index in [1.165, 1.54) is 33.4 Å². The summed E-state index contributed by atoms with van der Waals surface area (Å²) < 4.78 is 7.51. The largest absolute Gasteiger partial charge is 0.372 e. The molecule has 190 valence electrons. The van der Waals surface area contributed by atoms with Gasteiger partial charge in [0.15, 0.2) is 5.82 Å². The molecule has 2 aromatic carbocycles. The monoisotopic (exact) mass is 477 g/mol. The Kier molecular flexibility index (Phi) is 10.7. The van der Waals surface area contributed by atoms with Crippen LogP contribution in [0, 0.1) is 27.7 Å². The molecule has 0 saturated carbocycles. The number of nitrogens with zero attached hydrogens (tertiary/aromatic N) is 3. The van der Waals surface area contributed by atoms with Gasteiger partial charge >= 0.3 is 0 Å². The molecule has 4 rings (SSSR count). The van der Waals surface area contributed by atoms with Crippen molar-refractivity contribution in [3.8, 4) is 0 Å². The van der Waals surface area contributed by atoms with Crippen molar-refractivity contribution in [3.63, 3.8) is 0 Å². The standard InChI is InChI=1S/C18H22O.C10H15N3O.C2H6/c1-12-6-13(2)9-16(8-12)18(19-5)17-10-14(3)7-15(4)11-17;1-8-4-3-6-13(8)10(14)9-11-5-7-12(9)2;1-2/h6-11,18H,1-5H3;5,7-8H,3-4,6H2,1-2H3;1-2H3/t;8-;/m.1./s1. The summed E-state index contributed by atoms with van der Waals surface area (Å²) in [6.07, 6.45) is 5.69. The Morgan fingerprint density at radius 3 is 1.77 bits per heavy atom. The molecule has 5 heteroatoms. The number of amides is 1. The van der Waals surface area contributed by atoms with Crippen molar-refractivity contribution in [3.05, 3.63) is 88.0 Å². The molecular weight excluding hydrogens is 434 g/mol. The van der Waals surface area contributed by atoms with Gasteiger partial charge < -0.3 is 14.2 Å². The highest BCUT2D eigenvalue weighted by atomic mass is 16.5. The maximum absolute atomic E-state index is 12.0. The second-order valence-corrected chi connectivity index (χ2v) is 9.31. The highest BCUT2D eigenvalue weighted by Gasteiger charge is 2.27. The van der Waals surface area contributed by atoms with Gasteiger partial charge in [-0.1, -0.05) is 72.5 Å². The van der Waals surface area contributed by atoms with Crippen LogP contribution in [-0.2, 0) is 11.8 Å². The predicted molar refractivity (Wildman–Crippen MR) is 145 cm³/mol. The van der Waals surface area contributed by atoms with Gasteiger partial charge in [0.1, 0.15) is 6.10 Å². The van der Waals surface area contributed by atoms with E-state index in [0.717, 1.165) is 19.4 Å². The van der Waals surface area contributed by atoms with Crippen molar-refractivity contribution in [1.82, 2.24) is 14.5 Å². The van der Waals surface area contributed by atoms with Crippen LogP contribution in [0.25, 0.3) is 0 Å². The van der Waals surface area contributed by atoms with Crippen LogP contribution in [0.2, 0.25) is 0 Å². The van der Waals surface area contributed by atoms with E-state index in [-0.39, 0.29) is 12.0 Å². The summed E-state index contributed by atoms with van der Waals surface area (Å²) in [5.74, 6) is 0.598. The minimum Gasteiger partial charge on any atom is -0.372 e. The maximum atomic E-state index is 12.0. The van der Waals surface area contributed by atoms with Gasteiger partial charge in [-0.25, -0.2) is 4.98 Å². The number of rotatable bonds is 4. The van der Waals surface area contributed by atoms with E-state index in [1.807, 2.05) is 25.8 Å². The van der Waals surface area contributed by atoms with Crippen molar-refractivity contribution in [2.24, 2.45) is 7.05 Å². The van der Waals surface area contributed by atoms with Crippen LogP contribution in [-0.4, -0.2) is 40.1 Å². The first-order chi connectivity index (χ1) is 16.7. The van der Waals surface area contributed by atoms with E-state index in [4.69, 9.17) is 4.74 Å². The molecule has 1 aromatic heterocycles. The van der Waals surface area contributed by atoms with E-state index < -0.39 is 0 Å². The first-order valence-corrected chi connectivity index (χ1v) is 12.7. The van der Waals surface area contributed by atoms with Gasteiger partial charge in [-0.15, -0.1) is 0 Å². The van der Waals surface area contributed by atoms with Crippen LogP contribution in [0.3, 0.4) is 0 Å². The van der Waals surface area contributed by atoms with Crippen LogP contribution >= 0.6 is 0 Å². The molecule has 2 heterocycles. The zero-order valence-corrected chi connectivity index (χ0v) is 23.1. The molecule has 0 N–H and O–H groups in total. The fourth-order valence-electron chi connectivity index (χ4n) is 4.72. The number of likely N-dealkylation sites (tertiary alicyclic amines) is 1. The average Bonchev–Trinajstić information content (AvgIpc) is 3.42. The van der Waals surface area contributed by atoms with Gasteiger partial charge in [-0.05, 0) is 58.6 Å². The van der Waals surface area contributed by atoms with Gasteiger partial charge in [0.25, 0.3) is 5.91 Å². The molecule has 1 fully saturated rings. The fourth-order valence-corrected chi connectivity index (χ4v) is 4.72. The number of carbonyl (C=O) groups excluding carboxylic acids is 1. The van der Waals surface area contributed by atoms with Gasteiger partial charge in [-0.3, -0.25) is 4.79 Å².